The minimum absolute atomic E-state index is 0.764. The second-order valence-corrected chi connectivity index (χ2v) is 7.29. The SMILES string of the molecule is CSc1nc2ccc(NCc3ccc(C)c(Cl)c3)cc2s1. The van der Waals surface area contributed by atoms with Gasteiger partial charge in [-0.25, -0.2) is 4.98 Å². The van der Waals surface area contributed by atoms with E-state index in [1.54, 1.807) is 23.1 Å². The van der Waals surface area contributed by atoms with Crippen LogP contribution in [0.15, 0.2) is 40.7 Å². The molecule has 3 aromatic rings. The van der Waals surface area contributed by atoms with Crippen molar-refractivity contribution in [3.8, 4) is 0 Å². The largest absolute Gasteiger partial charge is 0.381 e. The van der Waals surface area contributed by atoms with Crippen molar-refractivity contribution in [3.63, 3.8) is 0 Å². The molecular weight excluding hydrogens is 320 g/mol. The quantitative estimate of drug-likeness (QED) is 0.629. The van der Waals surface area contributed by atoms with E-state index in [1.165, 1.54) is 10.3 Å². The highest BCUT2D eigenvalue weighted by molar-refractivity contribution is 8.00. The van der Waals surface area contributed by atoms with Gasteiger partial charge in [-0.1, -0.05) is 35.5 Å². The molecule has 1 N–H and O–H groups in total. The molecule has 0 aliphatic carbocycles. The van der Waals surface area contributed by atoms with Crippen LogP contribution in [0.2, 0.25) is 5.02 Å². The Hall–Kier alpha value is -1.23. The molecule has 2 aromatic carbocycles. The zero-order valence-corrected chi connectivity index (χ0v) is 14.2. The Morgan fingerprint density at radius 1 is 1.24 bits per heavy atom. The normalized spacial score (nSPS) is 11.0. The second-order valence-electron chi connectivity index (χ2n) is 4.80. The zero-order valence-electron chi connectivity index (χ0n) is 11.8. The number of hydrogen-bond donors (Lipinski definition) is 1. The molecule has 1 aromatic heterocycles. The van der Waals surface area contributed by atoms with Gasteiger partial charge in [-0.2, -0.15) is 0 Å². The molecule has 108 valence electrons. The summed E-state index contributed by atoms with van der Waals surface area (Å²) in [5.41, 5.74) is 4.46. The van der Waals surface area contributed by atoms with Crippen LogP contribution in [-0.4, -0.2) is 11.2 Å². The maximum atomic E-state index is 6.16. The number of anilines is 1. The number of thiazole rings is 1. The van der Waals surface area contributed by atoms with Crippen molar-refractivity contribution in [1.82, 2.24) is 4.98 Å². The molecule has 0 unspecified atom stereocenters. The van der Waals surface area contributed by atoms with Gasteiger partial charge in [0, 0.05) is 17.3 Å². The molecule has 0 saturated carbocycles. The van der Waals surface area contributed by atoms with Crippen molar-refractivity contribution < 1.29 is 0 Å². The number of halogens is 1. The van der Waals surface area contributed by atoms with E-state index in [-0.39, 0.29) is 0 Å². The maximum Gasteiger partial charge on any atom is 0.150 e. The van der Waals surface area contributed by atoms with E-state index < -0.39 is 0 Å². The van der Waals surface area contributed by atoms with Gasteiger partial charge in [0.05, 0.1) is 10.2 Å². The maximum absolute atomic E-state index is 6.16. The Morgan fingerprint density at radius 3 is 2.86 bits per heavy atom. The van der Waals surface area contributed by atoms with Crippen LogP contribution in [0.1, 0.15) is 11.1 Å². The fourth-order valence-electron chi connectivity index (χ4n) is 2.05. The molecule has 0 fully saturated rings. The summed E-state index contributed by atoms with van der Waals surface area (Å²) in [6.45, 7) is 2.78. The van der Waals surface area contributed by atoms with Gasteiger partial charge in [-0.15, -0.1) is 11.3 Å². The molecule has 0 amide bonds. The number of hydrogen-bond acceptors (Lipinski definition) is 4. The Labute approximate surface area is 137 Å². The molecule has 21 heavy (non-hydrogen) atoms. The van der Waals surface area contributed by atoms with Crippen LogP contribution in [0.5, 0.6) is 0 Å². The highest BCUT2D eigenvalue weighted by Crippen LogP contribution is 2.30. The molecule has 0 spiro atoms. The van der Waals surface area contributed by atoms with Gasteiger partial charge in [0.25, 0.3) is 0 Å². The Balaban J connectivity index is 1.76. The van der Waals surface area contributed by atoms with Gasteiger partial charge >= 0.3 is 0 Å². The smallest absolute Gasteiger partial charge is 0.150 e. The minimum atomic E-state index is 0.764. The van der Waals surface area contributed by atoms with Crippen LogP contribution < -0.4 is 5.32 Å². The van der Waals surface area contributed by atoms with Gasteiger partial charge in [-0.3, -0.25) is 0 Å². The van der Waals surface area contributed by atoms with Gasteiger partial charge in [-0.05, 0) is 48.6 Å². The van der Waals surface area contributed by atoms with Gasteiger partial charge in [0.15, 0.2) is 4.34 Å². The van der Waals surface area contributed by atoms with Gasteiger partial charge < -0.3 is 5.32 Å². The van der Waals surface area contributed by atoms with Crippen LogP contribution in [0.3, 0.4) is 0 Å². The second kappa shape index (κ2) is 6.26. The fourth-order valence-corrected chi connectivity index (χ4v) is 3.78. The first-order valence-corrected chi connectivity index (χ1v) is 9.01. The third-order valence-electron chi connectivity index (χ3n) is 3.28. The molecule has 1 heterocycles. The Kier molecular flexibility index (Phi) is 4.38. The summed E-state index contributed by atoms with van der Waals surface area (Å²) in [5, 5.41) is 4.26. The third-order valence-corrected chi connectivity index (χ3v) is 5.69. The molecule has 3 rings (SSSR count). The third kappa shape index (κ3) is 3.34. The van der Waals surface area contributed by atoms with Crippen molar-refractivity contribution in [3.05, 3.63) is 52.5 Å². The standard InChI is InChI=1S/C16H15ClN2S2/c1-10-3-4-11(7-13(10)17)9-18-12-5-6-14-15(8-12)21-16(19-14)20-2/h3-8,18H,9H2,1-2H3. The molecule has 0 saturated heterocycles. The lowest BCUT2D eigenvalue weighted by molar-refractivity contribution is 1.15. The number of benzene rings is 2. The van der Waals surface area contributed by atoms with Crippen molar-refractivity contribution in [2.45, 2.75) is 17.8 Å². The van der Waals surface area contributed by atoms with E-state index in [1.807, 2.05) is 13.0 Å². The van der Waals surface area contributed by atoms with E-state index in [4.69, 9.17) is 11.6 Å². The molecule has 0 atom stereocenters. The number of aryl methyl sites for hydroxylation is 1. The van der Waals surface area contributed by atoms with Crippen LogP contribution in [0.4, 0.5) is 5.69 Å². The highest BCUT2D eigenvalue weighted by Gasteiger charge is 2.04. The molecular formula is C16H15ClN2S2. The van der Waals surface area contributed by atoms with E-state index >= 15 is 0 Å². The average molecular weight is 335 g/mol. The lowest BCUT2D eigenvalue weighted by Crippen LogP contribution is -1.99. The number of thioether (sulfide) groups is 1. The number of rotatable bonds is 4. The predicted molar refractivity (Wildman–Crippen MR) is 94.9 cm³/mol. The molecule has 0 aliphatic heterocycles. The van der Waals surface area contributed by atoms with E-state index in [2.05, 4.69) is 46.9 Å². The van der Waals surface area contributed by atoms with Crippen LogP contribution >= 0.6 is 34.7 Å². The summed E-state index contributed by atoms with van der Waals surface area (Å²) >= 11 is 9.57. The zero-order chi connectivity index (χ0) is 14.8. The van der Waals surface area contributed by atoms with Gasteiger partial charge in [0.2, 0.25) is 0 Å². The monoisotopic (exact) mass is 334 g/mol. The first-order chi connectivity index (χ1) is 10.2. The minimum Gasteiger partial charge on any atom is -0.381 e. The fraction of sp³-hybridized carbons (Fsp3) is 0.188. The molecule has 0 bridgehead atoms. The topological polar surface area (TPSA) is 24.9 Å². The lowest BCUT2D eigenvalue weighted by atomic mass is 10.1. The van der Waals surface area contributed by atoms with Crippen LogP contribution in [0, 0.1) is 6.92 Å². The van der Waals surface area contributed by atoms with Crippen molar-refractivity contribution in [2.24, 2.45) is 0 Å². The first kappa shape index (κ1) is 14.7. The van der Waals surface area contributed by atoms with Crippen LogP contribution in [0.25, 0.3) is 10.2 Å². The Bertz CT molecular complexity index is 783. The number of aromatic nitrogens is 1. The molecule has 5 heteroatoms. The van der Waals surface area contributed by atoms with Crippen LogP contribution in [-0.2, 0) is 6.54 Å². The number of fused-ring (bicyclic) bond motifs is 1. The molecule has 0 aliphatic rings. The average Bonchev–Trinajstić information content (AvgIpc) is 2.90. The van der Waals surface area contributed by atoms with E-state index in [0.29, 0.717) is 0 Å². The summed E-state index contributed by atoms with van der Waals surface area (Å²) in [4.78, 5) is 4.55. The molecule has 2 nitrogen and oxygen atoms in total. The summed E-state index contributed by atoms with van der Waals surface area (Å²) in [5.74, 6) is 0. The number of nitrogens with zero attached hydrogens (tertiary/aromatic N) is 1. The summed E-state index contributed by atoms with van der Waals surface area (Å²) in [6, 6.07) is 12.5. The van der Waals surface area contributed by atoms with E-state index in [0.717, 1.165) is 32.7 Å². The predicted octanol–water partition coefficient (Wildman–Crippen LogP) is 5.59. The highest BCUT2D eigenvalue weighted by atomic mass is 35.5. The van der Waals surface area contributed by atoms with E-state index in [9.17, 15) is 0 Å². The first-order valence-electron chi connectivity index (χ1n) is 6.59. The lowest BCUT2D eigenvalue weighted by Gasteiger charge is -2.08. The number of nitrogens with one attached hydrogen (secondary N) is 1. The van der Waals surface area contributed by atoms with Crippen molar-refractivity contribution in [1.29, 1.82) is 0 Å². The van der Waals surface area contributed by atoms with Crippen molar-refractivity contribution >= 4 is 50.6 Å². The summed E-state index contributed by atoms with van der Waals surface area (Å²) < 4.78 is 2.32. The van der Waals surface area contributed by atoms with Crippen molar-refractivity contribution in [2.75, 3.05) is 11.6 Å². The summed E-state index contributed by atoms with van der Waals surface area (Å²) in [6.07, 6.45) is 2.05. The van der Waals surface area contributed by atoms with Gasteiger partial charge in [0.1, 0.15) is 0 Å². The Morgan fingerprint density at radius 2 is 2.10 bits per heavy atom. The molecule has 0 radical (unpaired) electrons. The summed E-state index contributed by atoms with van der Waals surface area (Å²) in [7, 11) is 0.